The van der Waals surface area contributed by atoms with E-state index in [1.54, 1.807) is 0 Å². The predicted octanol–water partition coefficient (Wildman–Crippen LogP) is 0.330. The second kappa shape index (κ2) is 5.98. The van der Waals surface area contributed by atoms with Crippen LogP contribution in [0.2, 0.25) is 0 Å². The van der Waals surface area contributed by atoms with Gasteiger partial charge in [0.25, 0.3) is 0 Å². The van der Waals surface area contributed by atoms with Gasteiger partial charge in [-0.05, 0) is 25.7 Å². The van der Waals surface area contributed by atoms with E-state index in [-0.39, 0.29) is 12.1 Å². The van der Waals surface area contributed by atoms with Gasteiger partial charge in [0.2, 0.25) is 5.91 Å². The Morgan fingerprint density at radius 2 is 2.36 bits per heavy atom. The van der Waals surface area contributed by atoms with Gasteiger partial charge in [-0.1, -0.05) is 6.92 Å². The monoisotopic (exact) mass is 199 g/mol. The van der Waals surface area contributed by atoms with Gasteiger partial charge in [0.15, 0.2) is 0 Å². The maximum atomic E-state index is 10.1. The Balaban J connectivity index is 0.000000146. The molecule has 2 aliphatic rings. The molecule has 1 amide bonds. The highest BCUT2D eigenvalue weighted by Crippen LogP contribution is 2.18. The molecule has 14 heavy (non-hydrogen) atoms. The van der Waals surface area contributed by atoms with Crippen LogP contribution in [0.25, 0.3) is 0 Å². The molecule has 1 saturated carbocycles. The summed E-state index contributed by atoms with van der Waals surface area (Å²) < 4.78 is 0. The van der Waals surface area contributed by atoms with Crippen molar-refractivity contribution in [3.05, 3.63) is 0 Å². The molecule has 4 N–H and O–H groups in total. The van der Waals surface area contributed by atoms with E-state index in [9.17, 15) is 4.79 Å². The Hall–Kier alpha value is -0.610. The SMILES string of the molecule is CCC(N)NC1CC1.O=C1CCCN1. The lowest BCUT2D eigenvalue weighted by atomic mass is 10.4. The minimum absolute atomic E-state index is 0.204. The average Bonchev–Trinajstić information content (AvgIpc) is 2.86. The Kier molecular flexibility index (Phi) is 4.90. The van der Waals surface area contributed by atoms with Gasteiger partial charge in [-0.3, -0.25) is 10.1 Å². The first kappa shape index (κ1) is 11.5. The Morgan fingerprint density at radius 1 is 1.64 bits per heavy atom. The van der Waals surface area contributed by atoms with Crippen LogP contribution in [-0.4, -0.2) is 24.7 Å². The fraction of sp³-hybridized carbons (Fsp3) is 0.900. The maximum absolute atomic E-state index is 10.1. The van der Waals surface area contributed by atoms with Crippen LogP contribution in [-0.2, 0) is 4.79 Å². The third-order valence-corrected chi connectivity index (χ3v) is 2.37. The molecule has 0 radical (unpaired) electrons. The molecule has 0 spiro atoms. The standard InChI is InChI=1S/C6H14N2.C4H7NO/c1-2-6(7)8-5-3-4-5;6-4-2-1-3-5-4/h5-6,8H,2-4,7H2,1H3;1-3H2,(H,5,6). The molecule has 1 heterocycles. The lowest BCUT2D eigenvalue weighted by Crippen LogP contribution is -2.37. The molecule has 2 rings (SSSR count). The van der Waals surface area contributed by atoms with Crippen molar-refractivity contribution in [1.29, 1.82) is 0 Å². The van der Waals surface area contributed by atoms with Gasteiger partial charge in [0.05, 0.1) is 6.17 Å². The first-order chi connectivity index (χ1) is 6.72. The summed E-state index contributed by atoms with van der Waals surface area (Å²) in [6.07, 6.45) is 5.69. The third-order valence-electron chi connectivity index (χ3n) is 2.37. The van der Waals surface area contributed by atoms with E-state index in [4.69, 9.17) is 5.73 Å². The van der Waals surface area contributed by atoms with E-state index in [1.165, 1.54) is 12.8 Å². The Labute approximate surface area is 85.6 Å². The summed E-state index contributed by atoms with van der Waals surface area (Å²) in [6, 6.07) is 0.755. The fourth-order valence-corrected chi connectivity index (χ4v) is 1.24. The number of hydrogen-bond acceptors (Lipinski definition) is 3. The second-order valence-electron chi connectivity index (χ2n) is 3.91. The molecule has 1 atom stereocenters. The summed E-state index contributed by atoms with van der Waals surface area (Å²) in [5.41, 5.74) is 5.60. The molecule has 0 bridgehead atoms. The van der Waals surface area contributed by atoms with Crippen molar-refractivity contribution >= 4 is 5.91 Å². The van der Waals surface area contributed by atoms with Gasteiger partial charge >= 0.3 is 0 Å². The summed E-state index contributed by atoms with van der Waals surface area (Å²) in [4.78, 5) is 10.1. The molecular formula is C10H21N3O. The van der Waals surface area contributed by atoms with Crippen molar-refractivity contribution in [2.75, 3.05) is 6.54 Å². The predicted molar refractivity (Wildman–Crippen MR) is 56.7 cm³/mol. The van der Waals surface area contributed by atoms with Crippen LogP contribution >= 0.6 is 0 Å². The van der Waals surface area contributed by atoms with E-state index in [0.717, 1.165) is 31.8 Å². The first-order valence-electron chi connectivity index (χ1n) is 5.50. The molecule has 0 aromatic heterocycles. The number of nitrogens with two attached hydrogens (primary N) is 1. The second-order valence-corrected chi connectivity index (χ2v) is 3.91. The molecule has 0 aromatic carbocycles. The number of amides is 1. The van der Waals surface area contributed by atoms with E-state index < -0.39 is 0 Å². The molecule has 4 nitrogen and oxygen atoms in total. The lowest BCUT2D eigenvalue weighted by molar-refractivity contribution is -0.119. The quantitative estimate of drug-likeness (QED) is 0.574. The highest BCUT2D eigenvalue weighted by molar-refractivity contribution is 5.77. The number of carbonyl (C=O) groups excluding carboxylic acids is 1. The van der Waals surface area contributed by atoms with E-state index in [1.807, 2.05) is 0 Å². The molecule has 1 unspecified atom stereocenters. The minimum Gasteiger partial charge on any atom is -0.356 e. The van der Waals surface area contributed by atoms with Crippen LogP contribution in [0.15, 0.2) is 0 Å². The van der Waals surface area contributed by atoms with Crippen LogP contribution in [0.5, 0.6) is 0 Å². The average molecular weight is 199 g/mol. The zero-order chi connectivity index (χ0) is 10.4. The highest BCUT2D eigenvalue weighted by Gasteiger charge is 2.21. The number of carbonyl (C=O) groups is 1. The Bertz CT molecular complexity index is 172. The van der Waals surface area contributed by atoms with Gasteiger partial charge in [-0.15, -0.1) is 0 Å². The van der Waals surface area contributed by atoms with E-state index in [2.05, 4.69) is 17.6 Å². The molecule has 1 aliphatic heterocycles. The summed E-state index contributed by atoms with van der Waals surface area (Å²) in [6.45, 7) is 2.98. The van der Waals surface area contributed by atoms with Crippen molar-refractivity contribution in [3.63, 3.8) is 0 Å². The smallest absolute Gasteiger partial charge is 0.220 e. The topological polar surface area (TPSA) is 67.1 Å². The molecule has 1 aliphatic carbocycles. The molecule has 1 saturated heterocycles. The summed E-state index contributed by atoms with van der Waals surface area (Å²) >= 11 is 0. The van der Waals surface area contributed by atoms with Gasteiger partial charge in [0.1, 0.15) is 0 Å². The summed E-state index contributed by atoms with van der Waals surface area (Å²) in [5, 5.41) is 5.96. The molecule has 4 heteroatoms. The van der Waals surface area contributed by atoms with Crippen molar-refractivity contribution < 1.29 is 4.79 Å². The minimum atomic E-state index is 0.204. The summed E-state index contributed by atoms with van der Waals surface area (Å²) in [7, 11) is 0. The highest BCUT2D eigenvalue weighted by atomic mass is 16.1. The van der Waals surface area contributed by atoms with Crippen molar-refractivity contribution in [1.82, 2.24) is 10.6 Å². The number of rotatable bonds is 3. The first-order valence-corrected chi connectivity index (χ1v) is 5.50. The molecule has 0 aromatic rings. The van der Waals surface area contributed by atoms with Crippen LogP contribution in [0.4, 0.5) is 0 Å². The summed E-state index contributed by atoms with van der Waals surface area (Å²) in [5.74, 6) is 0.204. The van der Waals surface area contributed by atoms with Crippen molar-refractivity contribution in [3.8, 4) is 0 Å². The van der Waals surface area contributed by atoms with Crippen LogP contribution in [0.1, 0.15) is 39.0 Å². The van der Waals surface area contributed by atoms with Crippen LogP contribution < -0.4 is 16.4 Å². The van der Waals surface area contributed by atoms with Gasteiger partial charge < -0.3 is 11.1 Å². The van der Waals surface area contributed by atoms with Crippen LogP contribution in [0, 0.1) is 0 Å². The fourth-order valence-electron chi connectivity index (χ4n) is 1.24. The van der Waals surface area contributed by atoms with E-state index in [0.29, 0.717) is 0 Å². The molecule has 82 valence electrons. The van der Waals surface area contributed by atoms with Crippen molar-refractivity contribution in [2.24, 2.45) is 5.73 Å². The number of nitrogens with one attached hydrogen (secondary N) is 2. The molecule has 2 fully saturated rings. The zero-order valence-corrected chi connectivity index (χ0v) is 8.88. The normalized spacial score (nSPS) is 22.3. The van der Waals surface area contributed by atoms with Gasteiger partial charge in [0, 0.05) is 19.0 Å². The Morgan fingerprint density at radius 3 is 2.64 bits per heavy atom. The number of hydrogen-bond donors (Lipinski definition) is 3. The van der Waals surface area contributed by atoms with Gasteiger partial charge in [-0.2, -0.15) is 0 Å². The maximum Gasteiger partial charge on any atom is 0.220 e. The largest absolute Gasteiger partial charge is 0.356 e. The third kappa shape index (κ3) is 5.19. The zero-order valence-electron chi connectivity index (χ0n) is 8.88. The van der Waals surface area contributed by atoms with Gasteiger partial charge in [-0.25, -0.2) is 0 Å². The van der Waals surface area contributed by atoms with Crippen molar-refractivity contribution in [2.45, 2.75) is 51.2 Å². The molecular weight excluding hydrogens is 178 g/mol. The van der Waals surface area contributed by atoms with E-state index >= 15 is 0 Å². The lowest BCUT2D eigenvalue weighted by Gasteiger charge is -2.08. The van der Waals surface area contributed by atoms with Crippen LogP contribution in [0.3, 0.4) is 0 Å².